The number of rotatable bonds is 3. The van der Waals surface area contributed by atoms with E-state index in [2.05, 4.69) is 10.3 Å². The van der Waals surface area contributed by atoms with Crippen LogP contribution in [0.2, 0.25) is 0 Å². The minimum atomic E-state index is -4.70. The molecule has 0 saturated heterocycles. The van der Waals surface area contributed by atoms with Crippen molar-refractivity contribution in [2.75, 3.05) is 0 Å². The summed E-state index contributed by atoms with van der Waals surface area (Å²) < 4.78 is 35.6. The highest BCUT2D eigenvalue weighted by atomic mass is 32.3. The highest BCUT2D eigenvalue weighted by molar-refractivity contribution is 7.80. The fourth-order valence-corrected chi connectivity index (χ4v) is 5.88. The lowest BCUT2D eigenvalue weighted by molar-refractivity contribution is -0.0897. The van der Waals surface area contributed by atoms with Crippen LogP contribution in [0.25, 0.3) is 0 Å². The van der Waals surface area contributed by atoms with Crippen LogP contribution in [0.3, 0.4) is 0 Å². The summed E-state index contributed by atoms with van der Waals surface area (Å²) in [6, 6.07) is 0. The van der Waals surface area contributed by atoms with E-state index in [-0.39, 0.29) is 0 Å². The Hall–Kier alpha value is -0.950. The van der Waals surface area contributed by atoms with Crippen LogP contribution >= 0.6 is 0 Å². The Kier molecular flexibility index (Phi) is 3.99. The normalized spacial score (nSPS) is 39.3. The molecule has 5 atom stereocenters. The van der Waals surface area contributed by atoms with Gasteiger partial charge in [-0.25, -0.2) is 4.18 Å². The molecule has 132 valence electrons. The van der Waals surface area contributed by atoms with Crippen molar-refractivity contribution in [1.82, 2.24) is 0 Å². The van der Waals surface area contributed by atoms with Crippen molar-refractivity contribution >= 4 is 10.4 Å². The lowest BCUT2D eigenvalue weighted by Crippen LogP contribution is -2.44. The zero-order valence-electron chi connectivity index (χ0n) is 13.6. The Labute approximate surface area is 143 Å². The van der Waals surface area contributed by atoms with Gasteiger partial charge in [-0.3, -0.25) is 4.55 Å². The molecule has 2 fully saturated rings. The van der Waals surface area contributed by atoms with E-state index in [0.29, 0.717) is 18.3 Å². The average Bonchev–Trinajstić information content (AvgIpc) is 2.98. The zero-order valence-corrected chi connectivity index (χ0v) is 14.4. The van der Waals surface area contributed by atoms with Gasteiger partial charge in [0.1, 0.15) is 0 Å². The second-order valence-corrected chi connectivity index (χ2v) is 8.65. The van der Waals surface area contributed by atoms with Gasteiger partial charge in [0, 0.05) is 0 Å². The molecule has 0 spiro atoms. The summed E-state index contributed by atoms with van der Waals surface area (Å²) in [6.45, 7) is 0. The standard InChI is InChI=1S/C18H24O5S/c19-17(23-24(20,21)22)18-10-3-6-16(18)15-8-7-12-4-1-2-5-13(12)14(15)9-11-18/h3,6,8,10,12-14,17,19H,1-2,4-5,7,9,11H2,(H,20,21,22)/t12?,13-,14+,17?,18+/m0/s1. The van der Waals surface area contributed by atoms with Crippen molar-refractivity contribution in [3.8, 4) is 0 Å². The largest absolute Gasteiger partial charge is 0.399 e. The molecule has 0 bridgehead atoms. The summed E-state index contributed by atoms with van der Waals surface area (Å²) in [5.74, 6) is 1.98. The monoisotopic (exact) mass is 352 g/mol. The number of aliphatic hydroxyl groups is 1. The van der Waals surface area contributed by atoms with Crippen molar-refractivity contribution in [3.05, 3.63) is 35.5 Å². The van der Waals surface area contributed by atoms with E-state index in [1.165, 1.54) is 31.3 Å². The second-order valence-electron chi connectivity index (χ2n) is 7.60. The molecule has 0 radical (unpaired) electrons. The number of aliphatic hydroxyl groups excluding tert-OH is 1. The smallest absolute Gasteiger partial charge is 0.366 e. The maximum atomic E-state index is 11.1. The van der Waals surface area contributed by atoms with Crippen molar-refractivity contribution in [2.45, 2.75) is 51.2 Å². The molecule has 4 aliphatic rings. The van der Waals surface area contributed by atoms with E-state index in [1.54, 1.807) is 0 Å². The molecule has 0 aliphatic heterocycles. The number of hydrogen-bond donors (Lipinski definition) is 2. The van der Waals surface area contributed by atoms with Crippen LogP contribution in [-0.2, 0) is 14.6 Å². The Morgan fingerprint density at radius 1 is 1.25 bits per heavy atom. The summed E-state index contributed by atoms with van der Waals surface area (Å²) in [5, 5.41) is 10.4. The Morgan fingerprint density at radius 3 is 2.83 bits per heavy atom. The van der Waals surface area contributed by atoms with Gasteiger partial charge in [0.05, 0.1) is 5.41 Å². The Balaban J connectivity index is 1.66. The third-order valence-corrected chi connectivity index (χ3v) is 6.94. The molecule has 0 amide bonds. The minimum Gasteiger partial charge on any atom is -0.366 e. The lowest BCUT2D eigenvalue weighted by Gasteiger charge is -2.49. The van der Waals surface area contributed by atoms with Gasteiger partial charge in [-0.05, 0) is 61.0 Å². The number of allylic oxidation sites excluding steroid dienone is 4. The van der Waals surface area contributed by atoms with Crippen molar-refractivity contribution in [2.24, 2.45) is 23.2 Å². The Morgan fingerprint density at radius 2 is 2.04 bits per heavy atom. The number of fused-ring (bicyclic) bond motifs is 5. The summed E-state index contributed by atoms with van der Waals surface area (Å²) in [4.78, 5) is 0. The first-order valence-corrected chi connectivity index (χ1v) is 10.2. The van der Waals surface area contributed by atoms with Crippen molar-refractivity contribution in [1.29, 1.82) is 0 Å². The molecular weight excluding hydrogens is 328 g/mol. The van der Waals surface area contributed by atoms with Gasteiger partial charge in [-0.15, -0.1) is 0 Å². The van der Waals surface area contributed by atoms with Gasteiger partial charge in [-0.2, -0.15) is 8.42 Å². The van der Waals surface area contributed by atoms with Crippen LogP contribution < -0.4 is 0 Å². The molecule has 0 aromatic heterocycles. The highest BCUT2D eigenvalue weighted by Gasteiger charge is 2.51. The first-order valence-electron chi connectivity index (χ1n) is 8.85. The van der Waals surface area contributed by atoms with Crippen LogP contribution in [0.15, 0.2) is 35.5 Å². The molecule has 2 saturated carbocycles. The van der Waals surface area contributed by atoms with Gasteiger partial charge in [0.25, 0.3) is 0 Å². The van der Waals surface area contributed by atoms with Gasteiger partial charge in [0.15, 0.2) is 6.29 Å². The summed E-state index contributed by atoms with van der Waals surface area (Å²) in [5.41, 5.74) is 1.37. The molecule has 4 rings (SSSR count). The summed E-state index contributed by atoms with van der Waals surface area (Å²) in [7, 11) is -4.70. The first kappa shape index (κ1) is 16.5. The van der Waals surface area contributed by atoms with Gasteiger partial charge in [-0.1, -0.05) is 37.1 Å². The van der Waals surface area contributed by atoms with Crippen LogP contribution in [0.4, 0.5) is 0 Å². The van der Waals surface area contributed by atoms with Crippen LogP contribution in [-0.4, -0.2) is 24.4 Å². The predicted molar refractivity (Wildman–Crippen MR) is 89.2 cm³/mol. The van der Waals surface area contributed by atoms with E-state index in [1.807, 2.05) is 18.2 Å². The maximum Gasteiger partial charge on any atom is 0.399 e. The molecule has 2 unspecified atom stereocenters. The fourth-order valence-electron chi connectivity index (χ4n) is 5.48. The van der Waals surface area contributed by atoms with Gasteiger partial charge >= 0.3 is 10.4 Å². The molecular formula is C18H24O5S. The molecule has 24 heavy (non-hydrogen) atoms. The third-order valence-electron chi connectivity index (χ3n) is 6.52. The number of hydrogen-bond acceptors (Lipinski definition) is 4. The van der Waals surface area contributed by atoms with E-state index in [0.717, 1.165) is 24.3 Å². The molecule has 0 aromatic rings. The lowest BCUT2D eigenvalue weighted by atomic mass is 9.56. The molecule has 6 heteroatoms. The molecule has 0 aromatic carbocycles. The fraction of sp³-hybridized carbons (Fsp3) is 0.667. The van der Waals surface area contributed by atoms with E-state index in [9.17, 15) is 13.5 Å². The van der Waals surface area contributed by atoms with E-state index in [4.69, 9.17) is 4.55 Å². The highest BCUT2D eigenvalue weighted by Crippen LogP contribution is 2.58. The Bertz CT molecular complexity index is 720. The van der Waals surface area contributed by atoms with Crippen molar-refractivity contribution < 1.29 is 22.3 Å². The summed E-state index contributed by atoms with van der Waals surface area (Å²) in [6.07, 6.45) is 14.2. The SMILES string of the molecule is O=S(=O)(O)OC(O)[C@@]12C=CC=C1C1=CCC3CCCC[C@@H]3[C@H]1CC2. The molecule has 5 nitrogen and oxygen atoms in total. The second kappa shape index (κ2) is 5.80. The maximum absolute atomic E-state index is 11.1. The van der Waals surface area contributed by atoms with E-state index < -0.39 is 22.1 Å². The minimum absolute atomic E-state index is 0.501. The predicted octanol–water partition coefficient (Wildman–Crippen LogP) is 3.15. The van der Waals surface area contributed by atoms with Gasteiger partial charge in [0.2, 0.25) is 0 Å². The van der Waals surface area contributed by atoms with Crippen LogP contribution in [0.1, 0.15) is 44.9 Å². The van der Waals surface area contributed by atoms with Gasteiger partial charge < -0.3 is 5.11 Å². The topological polar surface area (TPSA) is 83.8 Å². The third kappa shape index (κ3) is 2.60. The molecule has 2 N–H and O–H groups in total. The summed E-state index contributed by atoms with van der Waals surface area (Å²) >= 11 is 0. The molecule has 0 heterocycles. The van der Waals surface area contributed by atoms with Crippen LogP contribution in [0, 0.1) is 23.2 Å². The average molecular weight is 352 g/mol. The first-order chi connectivity index (χ1) is 11.4. The quantitative estimate of drug-likeness (QED) is 0.602. The van der Waals surface area contributed by atoms with Crippen LogP contribution in [0.5, 0.6) is 0 Å². The zero-order chi connectivity index (χ0) is 16.9. The van der Waals surface area contributed by atoms with E-state index >= 15 is 0 Å². The van der Waals surface area contributed by atoms with Crippen molar-refractivity contribution in [3.63, 3.8) is 0 Å². The molecule has 4 aliphatic carbocycles.